The Balaban J connectivity index is 1.42. The smallest absolute Gasteiger partial charge is 0.319 e. The van der Waals surface area contributed by atoms with Gasteiger partial charge in [-0.2, -0.15) is 5.10 Å². The molecule has 4 heterocycles. The van der Waals surface area contributed by atoms with Gasteiger partial charge in [0.25, 0.3) is 0 Å². The average molecular weight is 385 g/mol. The molecule has 1 atom stereocenters. The fourth-order valence-corrected chi connectivity index (χ4v) is 4.55. The second-order valence-electron chi connectivity index (χ2n) is 6.91. The van der Waals surface area contributed by atoms with Crippen LogP contribution in [0, 0.1) is 6.92 Å². The number of rotatable bonds is 5. The molecule has 0 aromatic carbocycles. The Kier molecular flexibility index (Phi) is 5.09. The summed E-state index contributed by atoms with van der Waals surface area (Å²) < 4.78 is 1.75. The van der Waals surface area contributed by atoms with E-state index >= 15 is 0 Å². The van der Waals surface area contributed by atoms with Gasteiger partial charge in [-0.1, -0.05) is 6.07 Å². The first kappa shape index (κ1) is 17.9. The predicted molar refractivity (Wildman–Crippen MR) is 108 cm³/mol. The van der Waals surface area contributed by atoms with E-state index in [4.69, 9.17) is 0 Å². The number of pyridine rings is 1. The van der Waals surface area contributed by atoms with Crippen molar-refractivity contribution in [3.8, 4) is 0 Å². The topological polar surface area (TPSA) is 75.1 Å². The number of urea groups is 1. The maximum absolute atomic E-state index is 12.4. The molecule has 7 nitrogen and oxygen atoms in total. The lowest BCUT2D eigenvalue weighted by Crippen LogP contribution is -2.38. The molecule has 2 N–H and O–H groups in total. The van der Waals surface area contributed by atoms with E-state index in [0.717, 1.165) is 29.8 Å². The van der Waals surface area contributed by atoms with Crippen molar-refractivity contribution in [2.45, 2.75) is 25.8 Å². The average Bonchev–Trinajstić information content (AvgIpc) is 3.39. The normalized spacial score (nSPS) is 15.9. The number of amides is 2. The molecule has 0 aliphatic carbocycles. The Morgan fingerprint density at radius 3 is 2.93 bits per heavy atom. The van der Waals surface area contributed by atoms with E-state index in [0.29, 0.717) is 12.2 Å². The highest BCUT2D eigenvalue weighted by Gasteiger charge is 2.24. The molecular formula is C19H24N6OS. The minimum Gasteiger partial charge on any atom is -0.336 e. The fraction of sp³-hybridized carbons (Fsp3) is 0.421. The molecule has 0 spiro atoms. The third-order valence-corrected chi connectivity index (χ3v) is 6.00. The summed E-state index contributed by atoms with van der Waals surface area (Å²) in [6, 6.07) is 6.16. The maximum atomic E-state index is 12.4. The van der Waals surface area contributed by atoms with Gasteiger partial charge in [0.05, 0.1) is 23.6 Å². The van der Waals surface area contributed by atoms with Gasteiger partial charge in [-0.15, -0.1) is 11.3 Å². The van der Waals surface area contributed by atoms with Gasteiger partial charge in [0.2, 0.25) is 0 Å². The SMILES string of the molecule is Cc1nn(C)c2ncc(NC(=O)NC[C@H](c3cccs3)N3CCCC3)cc12. The highest BCUT2D eigenvalue weighted by molar-refractivity contribution is 7.10. The van der Waals surface area contributed by atoms with Crippen LogP contribution in [0.3, 0.4) is 0 Å². The van der Waals surface area contributed by atoms with Crippen LogP contribution in [-0.2, 0) is 7.05 Å². The van der Waals surface area contributed by atoms with Gasteiger partial charge in [-0.05, 0) is 50.4 Å². The maximum Gasteiger partial charge on any atom is 0.319 e. The minimum atomic E-state index is -0.210. The van der Waals surface area contributed by atoms with Crippen LogP contribution in [0.5, 0.6) is 0 Å². The van der Waals surface area contributed by atoms with Crippen molar-refractivity contribution in [2.24, 2.45) is 7.05 Å². The van der Waals surface area contributed by atoms with Crippen molar-refractivity contribution in [2.75, 3.05) is 25.0 Å². The molecule has 0 bridgehead atoms. The second-order valence-corrected chi connectivity index (χ2v) is 7.89. The summed E-state index contributed by atoms with van der Waals surface area (Å²) in [4.78, 5) is 20.6. The van der Waals surface area contributed by atoms with Crippen LogP contribution in [-0.4, -0.2) is 45.3 Å². The molecule has 0 saturated carbocycles. The highest BCUT2D eigenvalue weighted by Crippen LogP contribution is 2.28. The second kappa shape index (κ2) is 7.66. The molecule has 1 saturated heterocycles. The highest BCUT2D eigenvalue weighted by atomic mass is 32.1. The lowest BCUT2D eigenvalue weighted by molar-refractivity contribution is 0.229. The number of hydrogen-bond acceptors (Lipinski definition) is 5. The third-order valence-electron chi connectivity index (χ3n) is 5.03. The van der Waals surface area contributed by atoms with Gasteiger partial charge >= 0.3 is 6.03 Å². The first-order valence-electron chi connectivity index (χ1n) is 9.23. The van der Waals surface area contributed by atoms with Crippen molar-refractivity contribution in [1.82, 2.24) is 25.0 Å². The molecule has 1 aliphatic rings. The summed E-state index contributed by atoms with van der Waals surface area (Å²) in [5.41, 5.74) is 2.38. The number of carbonyl (C=O) groups excluding carboxylic acids is 1. The zero-order chi connectivity index (χ0) is 18.8. The van der Waals surface area contributed by atoms with Crippen molar-refractivity contribution >= 4 is 34.1 Å². The largest absolute Gasteiger partial charge is 0.336 e. The van der Waals surface area contributed by atoms with Crippen LogP contribution in [0.1, 0.15) is 29.5 Å². The molecule has 4 rings (SSSR count). The van der Waals surface area contributed by atoms with Crippen LogP contribution in [0.2, 0.25) is 0 Å². The van der Waals surface area contributed by atoms with Gasteiger partial charge in [0, 0.05) is 23.9 Å². The molecule has 1 fully saturated rings. The van der Waals surface area contributed by atoms with Crippen molar-refractivity contribution in [3.63, 3.8) is 0 Å². The number of thiophene rings is 1. The number of aromatic nitrogens is 3. The molecule has 0 unspecified atom stereocenters. The van der Waals surface area contributed by atoms with Crippen LogP contribution >= 0.6 is 11.3 Å². The lowest BCUT2D eigenvalue weighted by Gasteiger charge is -2.26. The minimum absolute atomic E-state index is 0.210. The van der Waals surface area contributed by atoms with Crippen LogP contribution in [0.15, 0.2) is 29.8 Å². The first-order valence-corrected chi connectivity index (χ1v) is 10.1. The van der Waals surface area contributed by atoms with E-state index in [1.807, 2.05) is 20.0 Å². The van der Waals surface area contributed by atoms with Gasteiger partial charge in [0.15, 0.2) is 5.65 Å². The van der Waals surface area contributed by atoms with Crippen LogP contribution < -0.4 is 10.6 Å². The van der Waals surface area contributed by atoms with Crippen LogP contribution in [0.25, 0.3) is 11.0 Å². The third kappa shape index (κ3) is 3.81. The van der Waals surface area contributed by atoms with E-state index in [2.05, 4.69) is 43.1 Å². The predicted octanol–water partition coefficient (Wildman–Crippen LogP) is 3.30. The molecule has 27 heavy (non-hydrogen) atoms. The van der Waals surface area contributed by atoms with Crippen molar-refractivity contribution in [3.05, 3.63) is 40.3 Å². The Morgan fingerprint density at radius 2 is 2.19 bits per heavy atom. The Bertz CT molecular complexity index is 929. The van der Waals surface area contributed by atoms with Crippen molar-refractivity contribution < 1.29 is 4.79 Å². The molecular weight excluding hydrogens is 360 g/mol. The zero-order valence-electron chi connectivity index (χ0n) is 15.6. The molecule has 0 radical (unpaired) electrons. The molecule has 2 amide bonds. The van der Waals surface area contributed by atoms with E-state index < -0.39 is 0 Å². The fourth-order valence-electron chi connectivity index (χ4n) is 3.68. The summed E-state index contributed by atoms with van der Waals surface area (Å²) in [5, 5.41) is 13.3. The number of aryl methyl sites for hydroxylation is 2. The van der Waals surface area contributed by atoms with Gasteiger partial charge in [-0.3, -0.25) is 9.58 Å². The number of carbonyl (C=O) groups is 1. The molecule has 3 aromatic heterocycles. The number of likely N-dealkylation sites (tertiary alicyclic amines) is 1. The number of fused-ring (bicyclic) bond motifs is 1. The number of hydrogen-bond donors (Lipinski definition) is 2. The first-order chi connectivity index (χ1) is 13.1. The summed E-state index contributed by atoms with van der Waals surface area (Å²) in [6.45, 7) is 4.71. The van der Waals surface area contributed by atoms with E-state index in [9.17, 15) is 4.79 Å². The number of nitrogens with one attached hydrogen (secondary N) is 2. The Morgan fingerprint density at radius 1 is 1.37 bits per heavy atom. The van der Waals surface area contributed by atoms with Crippen LogP contribution in [0.4, 0.5) is 10.5 Å². The summed E-state index contributed by atoms with van der Waals surface area (Å²) in [6.07, 6.45) is 4.12. The summed E-state index contributed by atoms with van der Waals surface area (Å²) in [5.74, 6) is 0. The van der Waals surface area contributed by atoms with E-state index in [1.54, 1.807) is 22.2 Å². The van der Waals surface area contributed by atoms with Gasteiger partial charge < -0.3 is 10.6 Å². The standard InChI is InChI=1S/C19H24N6OS/c1-13-15-10-14(11-20-18(15)24(2)23-13)22-19(26)21-12-16(17-6-5-9-27-17)25-7-3-4-8-25/h5-6,9-11,16H,3-4,7-8,12H2,1-2H3,(H2,21,22,26)/t16-/m1/s1. The summed E-state index contributed by atoms with van der Waals surface area (Å²) in [7, 11) is 1.87. The molecule has 3 aromatic rings. The number of anilines is 1. The van der Waals surface area contributed by atoms with Gasteiger partial charge in [0.1, 0.15) is 0 Å². The van der Waals surface area contributed by atoms with Crippen molar-refractivity contribution in [1.29, 1.82) is 0 Å². The monoisotopic (exact) mass is 384 g/mol. The quantitative estimate of drug-likeness (QED) is 0.708. The van der Waals surface area contributed by atoms with Gasteiger partial charge in [-0.25, -0.2) is 9.78 Å². The summed E-state index contributed by atoms with van der Waals surface area (Å²) >= 11 is 1.75. The Labute approximate surface area is 162 Å². The van der Waals surface area contributed by atoms with E-state index in [1.165, 1.54) is 17.7 Å². The molecule has 8 heteroatoms. The van der Waals surface area contributed by atoms with E-state index in [-0.39, 0.29) is 12.1 Å². The molecule has 1 aliphatic heterocycles. The zero-order valence-corrected chi connectivity index (χ0v) is 16.4. The lowest BCUT2D eigenvalue weighted by atomic mass is 10.2. The molecule has 142 valence electrons. The number of nitrogens with zero attached hydrogens (tertiary/aromatic N) is 4. The Hall–Kier alpha value is -2.45.